The fraction of sp³-hybridized carbons (Fsp3) is 0.368. The number of halogens is 1. The van der Waals surface area contributed by atoms with Crippen LogP contribution in [0.3, 0.4) is 0 Å². The van der Waals surface area contributed by atoms with Crippen molar-refractivity contribution in [1.82, 2.24) is 19.7 Å². The molecule has 9 nitrogen and oxygen atoms in total. The van der Waals surface area contributed by atoms with Crippen LogP contribution in [0.4, 0.5) is 5.69 Å². The molecule has 1 aromatic carbocycles. The average molecular weight is 420 g/mol. The van der Waals surface area contributed by atoms with E-state index in [0.29, 0.717) is 29.0 Å². The number of esters is 1. The van der Waals surface area contributed by atoms with E-state index in [0.717, 1.165) is 12.8 Å². The summed E-state index contributed by atoms with van der Waals surface area (Å²) >= 11 is 6.28. The first-order chi connectivity index (χ1) is 13.8. The number of ether oxygens (including phenoxy) is 1. The third-order valence-corrected chi connectivity index (χ3v) is 4.81. The molecule has 10 heteroatoms. The predicted molar refractivity (Wildman–Crippen MR) is 109 cm³/mol. The number of H-pyrrole nitrogens is 2. The van der Waals surface area contributed by atoms with Crippen molar-refractivity contribution >= 4 is 40.2 Å². The summed E-state index contributed by atoms with van der Waals surface area (Å²) in [6, 6.07) is 4.91. The van der Waals surface area contributed by atoms with E-state index >= 15 is 0 Å². The minimum Gasteiger partial charge on any atom is -0.449 e. The number of aryl methyl sites for hydroxylation is 2. The molecule has 0 radical (unpaired) electrons. The highest BCUT2D eigenvalue weighted by molar-refractivity contribution is 6.32. The van der Waals surface area contributed by atoms with Gasteiger partial charge in [-0.25, -0.2) is 9.59 Å². The van der Waals surface area contributed by atoms with Crippen LogP contribution in [0.5, 0.6) is 0 Å². The number of amides is 1. The van der Waals surface area contributed by atoms with Gasteiger partial charge in [0.05, 0.1) is 16.7 Å². The minimum absolute atomic E-state index is 0.161. The number of aromatic amines is 2. The van der Waals surface area contributed by atoms with Gasteiger partial charge in [-0.15, -0.1) is 0 Å². The SMILES string of the molecule is CCCCn1nc(C)c(C(=O)O[C@@H](C)C(=O)Nc2ccc3[nH]c(=O)[nH]c3c2)c1Cl. The molecule has 1 amide bonds. The van der Waals surface area contributed by atoms with Crippen LogP contribution in [-0.4, -0.2) is 37.7 Å². The highest BCUT2D eigenvalue weighted by Crippen LogP contribution is 2.22. The van der Waals surface area contributed by atoms with Gasteiger partial charge < -0.3 is 20.0 Å². The predicted octanol–water partition coefficient (Wildman–Crippen LogP) is 3.00. The molecule has 0 fully saturated rings. The first kappa shape index (κ1) is 20.7. The molecule has 1 atom stereocenters. The molecule has 0 aliphatic carbocycles. The minimum atomic E-state index is -1.06. The Labute approximate surface area is 171 Å². The molecule has 0 unspecified atom stereocenters. The number of hydrogen-bond donors (Lipinski definition) is 3. The Morgan fingerprint density at radius 2 is 2.03 bits per heavy atom. The Morgan fingerprint density at radius 3 is 2.76 bits per heavy atom. The standard InChI is InChI=1S/C19H22ClN5O4/c1-4-5-8-25-16(20)15(10(2)24-25)18(27)29-11(3)17(26)21-12-6-7-13-14(9-12)23-19(28)22-13/h6-7,9,11H,4-5,8H2,1-3H3,(H,21,26)(H2,22,23,28)/t11-/m0/s1. The molecule has 29 heavy (non-hydrogen) atoms. The fourth-order valence-corrected chi connectivity index (χ4v) is 3.20. The maximum Gasteiger partial charge on any atom is 0.343 e. The van der Waals surface area contributed by atoms with Crippen molar-refractivity contribution in [3.63, 3.8) is 0 Å². The van der Waals surface area contributed by atoms with E-state index in [9.17, 15) is 14.4 Å². The third kappa shape index (κ3) is 4.51. The Morgan fingerprint density at radius 1 is 1.31 bits per heavy atom. The monoisotopic (exact) mass is 419 g/mol. The summed E-state index contributed by atoms with van der Waals surface area (Å²) in [5, 5.41) is 7.13. The summed E-state index contributed by atoms with van der Waals surface area (Å²) < 4.78 is 6.85. The highest BCUT2D eigenvalue weighted by Gasteiger charge is 2.25. The Hall–Kier alpha value is -3.07. The summed E-state index contributed by atoms with van der Waals surface area (Å²) in [5.41, 5.74) is 1.91. The van der Waals surface area contributed by atoms with Gasteiger partial charge in [0.15, 0.2) is 6.10 Å². The molecular formula is C19H22ClN5O4. The van der Waals surface area contributed by atoms with Gasteiger partial charge in [0.25, 0.3) is 5.91 Å². The molecule has 0 bridgehead atoms. The second-order valence-corrected chi connectivity index (χ2v) is 7.06. The Bertz CT molecular complexity index is 1110. The second kappa shape index (κ2) is 8.52. The van der Waals surface area contributed by atoms with Crippen LogP contribution >= 0.6 is 11.6 Å². The summed E-state index contributed by atoms with van der Waals surface area (Å²) in [6.45, 7) is 5.78. The van der Waals surface area contributed by atoms with Gasteiger partial charge in [-0.2, -0.15) is 5.10 Å². The summed E-state index contributed by atoms with van der Waals surface area (Å²) in [5.74, 6) is -1.22. The van der Waals surface area contributed by atoms with Crippen LogP contribution < -0.4 is 11.0 Å². The number of imidazole rings is 1. The first-order valence-electron chi connectivity index (χ1n) is 9.27. The lowest BCUT2D eigenvalue weighted by Gasteiger charge is -2.13. The van der Waals surface area contributed by atoms with Crippen LogP contribution in [0.2, 0.25) is 5.15 Å². The molecule has 0 saturated heterocycles. The second-order valence-electron chi connectivity index (χ2n) is 6.70. The first-order valence-corrected chi connectivity index (χ1v) is 9.64. The maximum absolute atomic E-state index is 12.5. The number of anilines is 1. The topological polar surface area (TPSA) is 122 Å². The van der Waals surface area contributed by atoms with E-state index in [2.05, 4.69) is 20.4 Å². The zero-order chi connectivity index (χ0) is 21.1. The number of carbonyl (C=O) groups excluding carboxylic acids is 2. The van der Waals surface area contributed by atoms with Crippen molar-refractivity contribution in [2.75, 3.05) is 5.32 Å². The van der Waals surface area contributed by atoms with E-state index in [4.69, 9.17) is 16.3 Å². The van der Waals surface area contributed by atoms with E-state index in [1.54, 1.807) is 29.8 Å². The number of rotatable bonds is 7. The largest absolute Gasteiger partial charge is 0.449 e. The van der Waals surface area contributed by atoms with E-state index in [1.807, 2.05) is 6.92 Å². The summed E-state index contributed by atoms with van der Waals surface area (Å²) in [6.07, 6.45) is 0.789. The molecule has 0 saturated carbocycles. The van der Waals surface area contributed by atoms with E-state index < -0.39 is 18.0 Å². The lowest BCUT2D eigenvalue weighted by atomic mass is 10.2. The Balaban J connectivity index is 1.67. The van der Waals surface area contributed by atoms with Crippen LogP contribution in [0, 0.1) is 6.92 Å². The molecule has 3 N–H and O–H groups in total. The van der Waals surface area contributed by atoms with Crippen LogP contribution in [0.1, 0.15) is 42.7 Å². The summed E-state index contributed by atoms with van der Waals surface area (Å²) in [4.78, 5) is 41.5. The molecule has 0 spiro atoms. The van der Waals surface area contributed by atoms with E-state index in [-0.39, 0.29) is 16.4 Å². The molecule has 2 heterocycles. The lowest BCUT2D eigenvalue weighted by molar-refractivity contribution is -0.123. The van der Waals surface area contributed by atoms with E-state index in [1.165, 1.54) is 6.92 Å². The van der Waals surface area contributed by atoms with Crippen molar-refractivity contribution in [1.29, 1.82) is 0 Å². The van der Waals surface area contributed by atoms with Gasteiger partial charge >= 0.3 is 11.7 Å². The smallest absolute Gasteiger partial charge is 0.343 e. The van der Waals surface area contributed by atoms with Crippen molar-refractivity contribution < 1.29 is 14.3 Å². The number of carbonyl (C=O) groups is 2. The molecule has 2 aromatic heterocycles. The molecule has 0 aliphatic heterocycles. The van der Waals surface area contributed by atoms with Gasteiger partial charge in [0, 0.05) is 12.2 Å². The molecule has 3 rings (SSSR count). The number of hydrogen-bond acceptors (Lipinski definition) is 5. The quantitative estimate of drug-likeness (QED) is 0.508. The normalized spacial score (nSPS) is 12.1. The number of benzene rings is 1. The zero-order valence-electron chi connectivity index (χ0n) is 16.3. The highest BCUT2D eigenvalue weighted by atomic mass is 35.5. The number of nitrogens with one attached hydrogen (secondary N) is 3. The molecule has 3 aromatic rings. The average Bonchev–Trinajstić information content (AvgIpc) is 3.17. The van der Waals surface area contributed by atoms with Crippen molar-refractivity contribution in [3.8, 4) is 0 Å². The van der Waals surface area contributed by atoms with Crippen LogP contribution in [0.15, 0.2) is 23.0 Å². The number of fused-ring (bicyclic) bond motifs is 1. The number of nitrogens with zero attached hydrogens (tertiary/aromatic N) is 2. The zero-order valence-corrected chi connectivity index (χ0v) is 17.1. The number of unbranched alkanes of at least 4 members (excludes halogenated alkanes) is 1. The van der Waals surface area contributed by atoms with Crippen molar-refractivity contribution in [2.24, 2.45) is 0 Å². The molecule has 0 aliphatic rings. The van der Waals surface area contributed by atoms with Gasteiger partial charge in [0.1, 0.15) is 10.7 Å². The van der Waals surface area contributed by atoms with Crippen LogP contribution in [0.25, 0.3) is 11.0 Å². The van der Waals surface area contributed by atoms with Gasteiger partial charge in [0.2, 0.25) is 0 Å². The third-order valence-electron chi connectivity index (χ3n) is 4.43. The van der Waals surface area contributed by atoms with Crippen LogP contribution in [-0.2, 0) is 16.1 Å². The molecule has 154 valence electrons. The van der Waals surface area contributed by atoms with Gasteiger partial charge in [-0.05, 0) is 38.5 Å². The number of aromatic nitrogens is 4. The maximum atomic E-state index is 12.5. The van der Waals surface area contributed by atoms with Gasteiger partial charge in [-0.3, -0.25) is 9.48 Å². The van der Waals surface area contributed by atoms with Crippen molar-refractivity contribution in [3.05, 3.63) is 45.1 Å². The fourth-order valence-electron chi connectivity index (χ4n) is 2.87. The summed E-state index contributed by atoms with van der Waals surface area (Å²) in [7, 11) is 0. The lowest BCUT2D eigenvalue weighted by Crippen LogP contribution is -2.30. The molecular weight excluding hydrogens is 398 g/mol. The van der Waals surface area contributed by atoms with Gasteiger partial charge in [-0.1, -0.05) is 24.9 Å². The Kier molecular flexibility index (Phi) is 6.07. The van der Waals surface area contributed by atoms with Crippen molar-refractivity contribution in [2.45, 2.75) is 46.3 Å².